The quantitative estimate of drug-likeness (QED) is 0.0872. The maximum absolute atomic E-state index is 13.8. The third-order valence-corrected chi connectivity index (χ3v) is 8.08. The predicted octanol–water partition coefficient (Wildman–Crippen LogP) is 9.91. The van der Waals surface area contributed by atoms with Crippen LogP contribution in [0.2, 0.25) is 0 Å². The molecule has 0 atom stereocenters. The summed E-state index contributed by atoms with van der Waals surface area (Å²) in [5.74, 6) is 1.15. The summed E-state index contributed by atoms with van der Waals surface area (Å²) in [6.45, 7) is 3.17. The van der Waals surface area contributed by atoms with E-state index in [0.29, 0.717) is 37.1 Å². The number of carbonyl (C=O) groups excluding carboxylic acids is 1. The van der Waals surface area contributed by atoms with Gasteiger partial charge in [-0.3, -0.25) is 4.79 Å². The monoisotopic (exact) mass is 662 g/mol. The molecule has 0 heterocycles. The third-order valence-electron chi connectivity index (χ3n) is 8.08. The number of hydrogen-bond acceptors (Lipinski definition) is 6. The van der Waals surface area contributed by atoms with E-state index in [4.69, 9.17) is 18.9 Å². The average molecular weight is 663 g/mol. The molecule has 250 valence electrons. The highest BCUT2D eigenvalue weighted by Crippen LogP contribution is 2.37. The molecule has 6 rings (SSSR count). The van der Waals surface area contributed by atoms with Crippen molar-refractivity contribution in [3.8, 4) is 28.7 Å². The molecule has 0 saturated carbocycles. The highest BCUT2D eigenvalue weighted by Gasteiger charge is 2.20. The van der Waals surface area contributed by atoms with Crippen LogP contribution in [0.5, 0.6) is 28.7 Å². The lowest BCUT2D eigenvalue weighted by molar-refractivity contribution is 0.104. The summed E-state index contributed by atoms with van der Waals surface area (Å²) < 4.78 is 24.7. The van der Waals surface area contributed by atoms with Crippen LogP contribution in [-0.4, -0.2) is 10.9 Å². The largest absolute Gasteiger partial charge is 0.507 e. The number of allylic oxidation sites excluding steroid dienone is 1. The molecule has 0 spiro atoms. The number of ether oxygens (including phenoxy) is 4. The van der Waals surface area contributed by atoms with E-state index < -0.39 is 5.78 Å². The lowest BCUT2D eigenvalue weighted by Crippen LogP contribution is -2.05. The van der Waals surface area contributed by atoms with Crippen molar-refractivity contribution in [3.63, 3.8) is 0 Å². The average Bonchev–Trinajstić information content (AvgIpc) is 3.16. The first-order valence-corrected chi connectivity index (χ1v) is 16.4. The minimum atomic E-state index is -0.421. The van der Waals surface area contributed by atoms with Crippen molar-refractivity contribution in [1.29, 1.82) is 0 Å². The van der Waals surface area contributed by atoms with Gasteiger partial charge in [0.2, 0.25) is 0 Å². The van der Waals surface area contributed by atoms with Gasteiger partial charge in [-0.05, 0) is 46.9 Å². The minimum Gasteiger partial charge on any atom is -0.507 e. The molecule has 0 saturated heterocycles. The minimum absolute atomic E-state index is 0.0465. The van der Waals surface area contributed by atoms with Crippen LogP contribution >= 0.6 is 0 Å². The number of benzene rings is 6. The maximum Gasteiger partial charge on any atom is 0.193 e. The second-order valence-corrected chi connectivity index (χ2v) is 11.7. The molecule has 0 aliphatic rings. The van der Waals surface area contributed by atoms with Crippen molar-refractivity contribution >= 4 is 11.9 Å². The SMILES string of the molecule is Cc1c(C=CC(=O)c2c(O)cc(OCc3ccccc3)cc2OCc2ccccc2)ccc(OCc2ccccc2)c1OCc1ccccc1. The van der Waals surface area contributed by atoms with E-state index in [0.717, 1.165) is 33.4 Å². The summed E-state index contributed by atoms with van der Waals surface area (Å²) >= 11 is 0. The molecule has 0 bridgehead atoms. The van der Waals surface area contributed by atoms with Crippen LogP contribution in [0.1, 0.15) is 43.7 Å². The zero-order chi connectivity index (χ0) is 34.5. The van der Waals surface area contributed by atoms with Crippen LogP contribution in [0.25, 0.3) is 6.08 Å². The first kappa shape index (κ1) is 33.6. The molecular formula is C44H38O6. The lowest BCUT2D eigenvalue weighted by Gasteiger charge is -2.17. The Hall–Kier alpha value is -6.27. The van der Waals surface area contributed by atoms with E-state index in [1.54, 1.807) is 12.1 Å². The van der Waals surface area contributed by atoms with Gasteiger partial charge in [0.05, 0.1) is 0 Å². The van der Waals surface area contributed by atoms with Crippen molar-refractivity contribution in [2.75, 3.05) is 0 Å². The standard InChI is InChI=1S/C44H38O6/c1-32-37(23-25-41(48-29-34-16-8-3-9-17-34)44(32)50-31-36-20-12-5-13-21-36)22-24-39(45)43-40(46)26-38(47-28-33-14-6-2-7-15-33)27-42(43)49-30-35-18-10-4-11-19-35/h2-27,46H,28-31H2,1H3. The van der Waals surface area contributed by atoms with Gasteiger partial charge in [0.15, 0.2) is 17.3 Å². The molecule has 0 aromatic heterocycles. The number of carbonyl (C=O) groups is 1. The van der Waals surface area contributed by atoms with Gasteiger partial charge in [0, 0.05) is 17.7 Å². The van der Waals surface area contributed by atoms with Crippen molar-refractivity contribution in [2.24, 2.45) is 0 Å². The number of rotatable bonds is 15. The van der Waals surface area contributed by atoms with Crippen molar-refractivity contribution in [3.05, 3.63) is 191 Å². The third kappa shape index (κ3) is 8.99. The molecule has 50 heavy (non-hydrogen) atoms. The molecule has 6 nitrogen and oxygen atoms in total. The highest BCUT2D eigenvalue weighted by molar-refractivity contribution is 6.10. The zero-order valence-corrected chi connectivity index (χ0v) is 27.8. The van der Waals surface area contributed by atoms with E-state index >= 15 is 0 Å². The van der Waals surface area contributed by atoms with Crippen LogP contribution in [0, 0.1) is 6.92 Å². The fraction of sp³-hybridized carbons (Fsp3) is 0.114. The molecule has 6 aromatic rings. The Labute approximate surface area is 292 Å². The topological polar surface area (TPSA) is 74.2 Å². The van der Waals surface area contributed by atoms with Crippen molar-refractivity contribution < 1.29 is 28.8 Å². The molecule has 6 heteroatoms. The summed E-state index contributed by atoms with van der Waals surface area (Å²) in [5, 5.41) is 11.1. The first-order valence-electron chi connectivity index (χ1n) is 16.4. The fourth-order valence-electron chi connectivity index (χ4n) is 5.37. The van der Waals surface area contributed by atoms with Gasteiger partial charge < -0.3 is 24.1 Å². The van der Waals surface area contributed by atoms with E-state index in [9.17, 15) is 9.90 Å². The van der Waals surface area contributed by atoms with E-state index in [2.05, 4.69) is 0 Å². The predicted molar refractivity (Wildman–Crippen MR) is 196 cm³/mol. The molecule has 1 N–H and O–H groups in total. The van der Waals surface area contributed by atoms with Crippen LogP contribution in [-0.2, 0) is 26.4 Å². The van der Waals surface area contributed by atoms with Crippen LogP contribution < -0.4 is 18.9 Å². The number of hydrogen-bond donors (Lipinski definition) is 1. The van der Waals surface area contributed by atoms with Crippen LogP contribution in [0.4, 0.5) is 0 Å². The lowest BCUT2D eigenvalue weighted by atomic mass is 10.0. The Bertz CT molecular complexity index is 2020. The fourth-order valence-corrected chi connectivity index (χ4v) is 5.37. The second-order valence-electron chi connectivity index (χ2n) is 11.7. The van der Waals surface area contributed by atoms with Gasteiger partial charge in [-0.2, -0.15) is 0 Å². The van der Waals surface area contributed by atoms with Crippen LogP contribution in [0.3, 0.4) is 0 Å². The van der Waals surface area contributed by atoms with Crippen LogP contribution in [0.15, 0.2) is 152 Å². The zero-order valence-electron chi connectivity index (χ0n) is 27.8. The van der Waals surface area contributed by atoms with Gasteiger partial charge in [-0.1, -0.05) is 133 Å². The molecule has 0 aliphatic carbocycles. The number of aromatic hydroxyl groups is 1. The Kier molecular flexibility index (Phi) is 11.2. The van der Waals surface area contributed by atoms with E-state index in [1.807, 2.05) is 140 Å². The number of ketones is 1. The highest BCUT2D eigenvalue weighted by atomic mass is 16.5. The second kappa shape index (κ2) is 16.7. The molecular weight excluding hydrogens is 624 g/mol. The van der Waals surface area contributed by atoms with Gasteiger partial charge in [0.25, 0.3) is 0 Å². The molecule has 0 unspecified atom stereocenters. The molecule has 6 aromatic carbocycles. The van der Waals surface area contributed by atoms with E-state index in [-0.39, 0.29) is 23.7 Å². The molecule has 0 radical (unpaired) electrons. The summed E-state index contributed by atoms with van der Waals surface area (Å²) in [6, 6.07) is 46.0. The summed E-state index contributed by atoms with van der Waals surface area (Å²) in [6.07, 6.45) is 3.15. The smallest absolute Gasteiger partial charge is 0.193 e. The van der Waals surface area contributed by atoms with Crippen molar-refractivity contribution in [2.45, 2.75) is 33.4 Å². The van der Waals surface area contributed by atoms with Gasteiger partial charge in [-0.15, -0.1) is 0 Å². The van der Waals surface area contributed by atoms with Gasteiger partial charge >= 0.3 is 0 Å². The van der Waals surface area contributed by atoms with Crippen molar-refractivity contribution in [1.82, 2.24) is 0 Å². The van der Waals surface area contributed by atoms with E-state index in [1.165, 1.54) is 12.1 Å². The maximum atomic E-state index is 13.8. The summed E-state index contributed by atoms with van der Waals surface area (Å²) in [5.41, 5.74) is 5.57. The molecule has 0 aliphatic heterocycles. The Balaban J connectivity index is 1.26. The Morgan fingerprint density at radius 2 is 1.02 bits per heavy atom. The normalized spacial score (nSPS) is 10.9. The number of phenolic OH excluding ortho intramolecular Hbond substituents is 1. The van der Waals surface area contributed by atoms with Gasteiger partial charge in [-0.25, -0.2) is 0 Å². The molecule has 0 amide bonds. The molecule has 0 fully saturated rings. The number of phenols is 1. The Morgan fingerprint density at radius 1 is 0.560 bits per heavy atom. The summed E-state index contributed by atoms with van der Waals surface area (Å²) in [7, 11) is 0. The first-order chi connectivity index (χ1) is 24.5. The summed E-state index contributed by atoms with van der Waals surface area (Å²) in [4.78, 5) is 13.8. The Morgan fingerprint density at radius 3 is 1.54 bits per heavy atom. The van der Waals surface area contributed by atoms with Gasteiger partial charge in [0.1, 0.15) is 49.2 Å².